The number of ether oxygens (including phenoxy) is 2. The third-order valence-corrected chi connectivity index (χ3v) is 6.25. The van der Waals surface area contributed by atoms with Crippen molar-refractivity contribution in [3.05, 3.63) is 94.5 Å². The number of nitrogens with zero attached hydrogens (tertiary/aromatic N) is 1. The maximum Gasteiger partial charge on any atom is 0.347 e. The number of carboxylic acids is 1. The Kier molecular flexibility index (Phi) is 6.77. The van der Waals surface area contributed by atoms with E-state index in [2.05, 4.69) is 5.32 Å². The molecule has 1 aliphatic rings. The van der Waals surface area contributed by atoms with E-state index in [4.69, 9.17) is 21.1 Å². The number of carboxylic acid groups (broad SMARTS) is 1. The summed E-state index contributed by atoms with van der Waals surface area (Å²) in [5.74, 6) is -1.82. The Bertz CT molecular complexity index is 1260. The molecule has 0 spiro atoms. The fraction of sp³-hybridized carbons (Fsp3) is 0.192. The highest BCUT2D eigenvalue weighted by Gasteiger charge is 2.51. The number of hydrogen-bond acceptors (Lipinski definition) is 6. The number of methoxy groups -OCH3 is 1. The maximum absolute atomic E-state index is 12.9. The zero-order valence-corrected chi connectivity index (χ0v) is 19.8. The summed E-state index contributed by atoms with van der Waals surface area (Å²) in [5.41, 5.74) is 0.355. The number of carbonyl (C=O) groups is 3. The van der Waals surface area contributed by atoms with Crippen LogP contribution in [0.1, 0.15) is 21.5 Å². The predicted octanol–water partition coefficient (Wildman–Crippen LogP) is 3.47. The normalized spacial score (nSPS) is 18.3. The average Bonchev–Trinajstić information content (AvgIpc) is 2.98. The van der Waals surface area contributed by atoms with Gasteiger partial charge in [-0.25, -0.2) is 9.59 Å². The Labute approximate surface area is 207 Å². The highest BCUT2D eigenvalue weighted by Crippen LogP contribution is 2.43. The molecule has 0 saturated heterocycles. The summed E-state index contributed by atoms with van der Waals surface area (Å²) in [6.45, 7) is -0.147. The van der Waals surface area contributed by atoms with Gasteiger partial charge in [0.1, 0.15) is 11.3 Å². The summed E-state index contributed by atoms with van der Waals surface area (Å²) in [7, 11) is 2.90. The summed E-state index contributed by atoms with van der Waals surface area (Å²) in [6, 6.07) is 19.8. The Balaban J connectivity index is 1.93. The first kappa shape index (κ1) is 24.3. The van der Waals surface area contributed by atoms with Gasteiger partial charge in [0, 0.05) is 23.3 Å². The quantitative estimate of drug-likeness (QED) is 0.505. The van der Waals surface area contributed by atoms with Gasteiger partial charge in [0.2, 0.25) is 12.0 Å². The summed E-state index contributed by atoms with van der Waals surface area (Å²) in [6.07, 6.45) is -1.52. The monoisotopic (exact) mass is 494 g/mol. The highest BCUT2D eigenvalue weighted by molar-refractivity contribution is 6.30. The van der Waals surface area contributed by atoms with Crippen LogP contribution in [0.15, 0.2) is 72.8 Å². The van der Waals surface area contributed by atoms with Crippen molar-refractivity contribution in [3.8, 4) is 5.75 Å². The number of nitrogens with one attached hydrogen (secondary N) is 1. The van der Waals surface area contributed by atoms with Crippen LogP contribution in [-0.2, 0) is 19.9 Å². The molecule has 1 amide bonds. The number of halogens is 1. The molecule has 1 aliphatic heterocycles. The molecule has 3 aromatic carbocycles. The van der Waals surface area contributed by atoms with Gasteiger partial charge in [-0.1, -0.05) is 41.9 Å². The van der Waals surface area contributed by atoms with E-state index in [1.54, 1.807) is 49.5 Å². The summed E-state index contributed by atoms with van der Waals surface area (Å²) >= 11 is 6.37. The summed E-state index contributed by atoms with van der Waals surface area (Å²) in [4.78, 5) is 38.9. The predicted molar refractivity (Wildman–Crippen MR) is 130 cm³/mol. The molecule has 180 valence electrons. The molecule has 3 aromatic rings. The van der Waals surface area contributed by atoms with E-state index in [1.807, 2.05) is 6.07 Å². The number of likely N-dealkylation sites (N-methyl/N-ethyl adjacent to an activating group) is 1. The van der Waals surface area contributed by atoms with E-state index in [0.717, 1.165) is 0 Å². The highest BCUT2D eigenvalue weighted by atomic mass is 35.5. The van der Waals surface area contributed by atoms with Crippen molar-refractivity contribution in [3.63, 3.8) is 0 Å². The molecule has 4 rings (SSSR count). The third kappa shape index (κ3) is 4.45. The van der Waals surface area contributed by atoms with Gasteiger partial charge in [-0.3, -0.25) is 10.1 Å². The van der Waals surface area contributed by atoms with Gasteiger partial charge >= 0.3 is 11.9 Å². The lowest BCUT2D eigenvalue weighted by atomic mass is 9.77. The molecular weight excluding hydrogens is 472 g/mol. The fourth-order valence-corrected chi connectivity index (χ4v) is 4.44. The van der Waals surface area contributed by atoms with Crippen LogP contribution in [0.25, 0.3) is 0 Å². The molecule has 0 radical (unpaired) electrons. The zero-order valence-electron chi connectivity index (χ0n) is 19.0. The van der Waals surface area contributed by atoms with Crippen LogP contribution >= 0.6 is 11.6 Å². The van der Waals surface area contributed by atoms with Crippen molar-refractivity contribution in [1.82, 2.24) is 5.32 Å². The van der Waals surface area contributed by atoms with Gasteiger partial charge in [0.15, 0.2) is 0 Å². The van der Waals surface area contributed by atoms with E-state index >= 15 is 0 Å². The molecule has 0 unspecified atom stereocenters. The fourth-order valence-electron chi connectivity index (χ4n) is 4.27. The van der Waals surface area contributed by atoms with Crippen molar-refractivity contribution in [2.45, 2.75) is 11.6 Å². The average molecular weight is 495 g/mol. The van der Waals surface area contributed by atoms with Crippen LogP contribution in [0.4, 0.5) is 5.69 Å². The number of carbonyl (C=O) groups excluding carboxylic acids is 2. The SMILES string of the molecule is COC(=O)c1ccc(O[C@H](C(=O)O)[C@@]2(c3ccccc3)NCC(=O)N(C)c3ccc(Cl)cc32)cc1. The molecule has 0 fully saturated rings. The van der Waals surface area contributed by atoms with Crippen LogP contribution in [0.5, 0.6) is 5.75 Å². The summed E-state index contributed by atoms with van der Waals surface area (Å²) < 4.78 is 10.8. The van der Waals surface area contributed by atoms with Gasteiger partial charge in [-0.05, 0) is 48.0 Å². The van der Waals surface area contributed by atoms with Crippen LogP contribution < -0.4 is 15.0 Å². The zero-order chi connectivity index (χ0) is 25.2. The molecule has 0 aromatic heterocycles. The molecule has 35 heavy (non-hydrogen) atoms. The van der Waals surface area contributed by atoms with E-state index in [0.29, 0.717) is 27.4 Å². The smallest absolute Gasteiger partial charge is 0.347 e. The maximum atomic E-state index is 12.9. The first-order chi connectivity index (χ1) is 16.8. The molecule has 0 aliphatic carbocycles. The number of rotatable bonds is 6. The number of esters is 1. The van der Waals surface area contributed by atoms with Crippen LogP contribution in [0, 0.1) is 0 Å². The Morgan fingerprint density at radius 1 is 1.09 bits per heavy atom. The van der Waals surface area contributed by atoms with E-state index in [9.17, 15) is 19.5 Å². The van der Waals surface area contributed by atoms with Gasteiger partial charge in [-0.2, -0.15) is 0 Å². The first-order valence-electron chi connectivity index (χ1n) is 10.7. The first-order valence-corrected chi connectivity index (χ1v) is 11.1. The molecule has 0 bridgehead atoms. The van der Waals surface area contributed by atoms with Crippen molar-refractivity contribution < 1.29 is 29.0 Å². The number of fused-ring (bicyclic) bond motifs is 1. The van der Waals surface area contributed by atoms with Gasteiger partial charge in [0.25, 0.3) is 0 Å². The number of amides is 1. The largest absolute Gasteiger partial charge is 0.478 e. The van der Waals surface area contributed by atoms with Crippen LogP contribution in [-0.4, -0.2) is 49.8 Å². The lowest BCUT2D eigenvalue weighted by molar-refractivity contribution is -0.149. The standard InChI is InChI=1S/C26H23ClN2O6/c1-29-21-13-10-18(27)14-20(21)26(28-15-22(29)30,17-6-4-3-5-7-17)23(24(31)32)35-19-11-8-16(9-12-19)25(33)34-2/h3-14,23,28H,15H2,1-2H3,(H,31,32)/t23-,26+/m1/s1. The molecule has 2 atom stereocenters. The molecule has 0 saturated carbocycles. The van der Waals surface area contributed by atoms with Gasteiger partial charge < -0.3 is 19.5 Å². The van der Waals surface area contributed by atoms with Crippen molar-refractivity contribution >= 4 is 35.1 Å². The number of anilines is 1. The lowest BCUT2D eigenvalue weighted by Crippen LogP contribution is -2.58. The van der Waals surface area contributed by atoms with Gasteiger partial charge in [-0.15, -0.1) is 0 Å². The second-order valence-electron chi connectivity index (χ2n) is 7.99. The van der Waals surface area contributed by atoms with Crippen LogP contribution in [0.3, 0.4) is 0 Å². The molecule has 8 nitrogen and oxygen atoms in total. The minimum absolute atomic E-state index is 0.147. The molecular formula is C26H23ClN2O6. The van der Waals surface area contributed by atoms with E-state index in [1.165, 1.54) is 36.3 Å². The van der Waals surface area contributed by atoms with Crippen LogP contribution in [0.2, 0.25) is 5.02 Å². The third-order valence-electron chi connectivity index (χ3n) is 6.01. The van der Waals surface area contributed by atoms with Gasteiger partial charge in [0.05, 0.1) is 19.2 Å². The Hall–Kier alpha value is -3.88. The van der Waals surface area contributed by atoms with E-state index < -0.39 is 23.6 Å². The topological polar surface area (TPSA) is 105 Å². The second-order valence-corrected chi connectivity index (χ2v) is 8.43. The second kappa shape index (κ2) is 9.77. The molecule has 2 N–H and O–H groups in total. The lowest BCUT2D eigenvalue weighted by Gasteiger charge is -2.40. The Morgan fingerprint density at radius 3 is 2.40 bits per heavy atom. The molecule has 9 heteroatoms. The van der Waals surface area contributed by atoms with Crippen molar-refractivity contribution in [2.24, 2.45) is 0 Å². The van der Waals surface area contributed by atoms with Crippen molar-refractivity contribution in [2.75, 3.05) is 25.6 Å². The number of hydrogen-bond donors (Lipinski definition) is 2. The van der Waals surface area contributed by atoms with Crippen molar-refractivity contribution in [1.29, 1.82) is 0 Å². The van der Waals surface area contributed by atoms with E-state index in [-0.39, 0.29) is 18.2 Å². The number of benzene rings is 3. The Morgan fingerprint density at radius 2 is 1.77 bits per heavy atom. The minimum atomic E-state index is -1.52. The summed E-state index contributed by atoms with van der Waals surface area (Å²) in [5, 5.41) is 14.0. The number of aliphatic carboxylic acids is 1. The molecule has 1 heterocycles. The minimum Gasteiger partial charge on any atom is -0.478 e.